The maximum absolute atomic E-state index is 13.1. The minimum atomic E-state index is -4.51. The average molecular weight is 423 g/mol. The van der Waals surface area contributed by atoms with Crippen LogP contribution in [0.15, 0.2) is 45.8 Å². The largest absolute Gasteiger partial charge is 0.417 e. The van der Waals surface area contributed by atoms with E-state index in [1.807, 2.05) is 0 Å². The quantitative estimate of drug-likeness (QED) is 0.496. The fourth-order valence-electron chi connectivity index (χ4n) is 2.78. The Morgan fingerprint density at radius 2 is 1.96 bits per heavy atom. The number of fused-ring (bicyclic) bond motifs is 2. The first-order valence-corrected chi connectivity index (χ1v) is 8.30. The molecule has 1 N–H and O–H groups in total. The molecule has 3 heterocycles. The van der Waals surface area contributed by atoms with E-state index in [1.54, 1.807) is 31.2 Å². The second kappa shape index (κ2) is 5.66. The SMILES string of the molecule is Cc1c(-c2nc3cc(C(F)(F)F)c(Br)cn3n2)[nH]c2ccccc2c1=O. The first-order valence-electron chi connectivity index (χ1n) is 7.51. The van der Waals surface area contributed by atoms with E-state index in [0.29, 0.717) is 22.2 Å². The van der Waals surface area contributed by atoms with Gasteiger partial charge in [0.25, 0.3) is 0 Å². The highest BCUT2D eigenvalue weighted by atomic mass is 79.9. The zero-order valence-electron chi connectivity index (χ0n) is 13.2. The minimum Gasteiger partial charge on any atom is -0.351 e. The van der Waals surface area contributed by atoms with E-state index >= 15 is 0 Å². The lowest BCUT2D eigenvalue weighted by Crippen LogP contribution is -2.09. The number of hydrogen-bond acceptors (Lipinski definition) is 3. The lowest BCUT2D eigenvalue weighted by molar-refractivity contribution is -0.138. The van der Waals surface area contributed by atoms with Crippen LogP contribution in [0.4, 0.5) is 13.2 Å². The van der Waals surface area contributed by atoms with E-state index in [9.17, 15) is 18.0 Å². The van der Waals surface area contributed by atoms with Crippen LogP contribution in [0.1, 0.15) is 11.1 Å². The molecule has 26 heavy (non-hydrogen) atoms. The van der Waals surface area contributed by atoms with Crippen molar-refractivity contribution in [2.24, 2.45) is 0 Å². The van der Waals surface area contributed by atoms with Crippen LogP contribution < -0.4 is 5.43 Å². The molecule has 4 aromatic rings. The summed E-state index contributed by atoms with van der Waals surface area (Å²) < 4.78 is 40.3. The topological polar surface area (TPSA) is 63.1 Å². The van der Waals surface area contributed by atoms with Crippen LogP contribution in [0, 0.1) is 6.92 Å². The van der Waals surface area contributed by atoms with E-state index in [2.05, 4.69) is 31.0 Å². The number of H-pyrrole nitrogens is 1. The fourth-order valence-corrected chi connectivity index (χ4v) is 3.32. The molecular weight excluding hydrogens is 413 g/mol. The summed E-state index contributed by atoms with van der Waals surface area (Å²) in [6, 6.07) is 7.90. The van der Waals surface area contributed by atoms with E-state index < -0.39 is 11.7 Å². The van der Waals surface area contributed by atoms with Gasteiger partial charge in [0.2, 0.25) is 0 Å². The van der Waals surface area contributed by atoms with Gasteiger partial charge >= 0.3 is 6.18 Å². The Kier molecular flexibility index (Phi) is 3.65. The Hall–Kier alpha value is -2.68. The summed E-state index contributed by atoms with van der Waals surface area (Å²) in [6.07, 6.45) is -3.32. The highest BCUT2D eigenvalue weighted by molar-refractivity contribution is 9.10. The van der Waals surface area contributed by atoms with Gasteiger partial charge in [0.15, 0.2) is 16.9 Å². The number of nitrogens with one attached hydrogen (secondary N) is 1. The molecule has 0 spiro atoms. The van der Waals surface area contributed by atoms with Crippen LogP contribution in [0.3, 0.4) is 0 Å². The summed E-state index contributed by atoms with van der Waals surface area (Å²) in [7, 11) is 0. The molecule has 0 unspecified atom stereocenters. The molecule has 0 fully saturated rings. The predicted molar refractivity (Wildman–Crippen MR) is 94.0 cm³/mol. The number of aromatic amines is 1. The number of benzene rings is 1. The van der Waals surface area contributed by atoms with Crippen molar-refractivity contribution in [1.29, 1.82) is 0 Å². The van der Waals surface area contributed by atoms with Crippen molar-refractivity contribution < 1.29 is 13.2 Å². The molecule has 0 radical (unpaired) electrons. The van der Waals surface area contributed by atoms with Gasteiger partial charge in [-0.2, -0.15) is 13.2 Å². The van der Waals surface area contributed by atoms with Gasteiger partial charge < -0.3 is 4.98 Å². The number of nitrogens with zero attached hydrogens (tertiary/aromatic N) is 3. The lowest BCUT2D eigenvalue weighted by Gasteiger charge is -2.08. The molecule has 3 aromatic heterocycles. The van der Waals surface area contributed by atoms with Crippen LogP contribution in [-0.2, 0) is 6.18 Å². The lowest BCUT2D eigenvalue weighted by atomic mass is 10.1. The van der Waals surface area contributed by atoms with Crippen molar-refractivity contribution in [3.05, 3.63) is 62.4 Å². The monoisotopic (exact) mass is 422 g/mol. The standard InChI is InChI=1S/C17H10BrF3N4O/c1-8-14(22-12-5-3-2-4-9(12)15(8)26)16-23-13-6-10(17(19,20)21)11(18)7-25(13)24-16/h2-7H,1H3,(H,22,26). The number of pyridine rings is 2. The molecule has 5 nitrogen and oxygen atoms in total. The summed E-state index contributed by atoms with van der Waals surface area (Å²) >= 11 is 2.91. The third-order valence-electron chi connectivity index (χ3n) is 4.10. The van der Waals surface area contributed by atoms with E-state index in [4.69, 9.17) is 0 Å². The van der Waals surface area contributed by atoms with Gasteiger partial charge in [-0.25, -0.2) is 9.50 Å². The molecule has 0 amide bonds. The second-order valence-corrected chi connectivity index (χ2v) is 6.63. The highest BCUT2D eigenvalue weighted by Crippen LogP contribution is 2.35. The molecule has 0 saturated heterocycles. The Bertz CT molecular complexity index is 1230. The molecule has 0 aliphatic carbocycles. The number of para-hydroxylation sites is 1. The van der Waals surface area contributed by atoms with Crippen LogP contribution in [0.5, 0.6) is 0 Å². The zero-order chi connectivity index (χ0) is 18.6. The molecule has 1 aromatic carbocycles. The number of alkyl halides is 3. The van der Waals surface area contributed by atoms with Gasteiger partial charge in [-0.05, 0) is 41.1 Å². The van der Waals surface area contributed by atoms with E-state index in [-0.39, 0.29) is 21.4 Å². The first kappa shape index (κ1) is 16.8. The van der Waals surface area contributed by atoms with Gasteiger partial charge in [0.05, 0.1) is 11.3 Å². The van der Waals surface area contributed by atoms with Crippen molar-refractivity contribution >= 4 is 32.5 Å². The van der Waals surface area contributed by atoms with Crippen LogP contribution in [0.2, 0.25) is 0 Å². The summed E-state index contributed by atoms with van der Waals surface area (Å²) in [6.45, 7) is 1.63. The third kappa shape index (κ3) is 2.59. The van der Waals surface area contributed by atoms with Crippen molar-refractivity contribution in [2.45, 2.75) is 13.1 Å². The third-order valence-corrected chi connectivity index (χ3v) is 4.73. The van der Waals surface area contributed by atoms with Crippen LogP contribution in [0.25, 0.3) is 28.1 Å². The Balaban J connectivity index is 1.97. The Labute approximate surface area is 152 Å². The van der Waals surface area contributed by atoms with Crippen LogP contribution >= 0.6 is 15.9 Å². The summed E-state index contributed by atoms with van der Waals surface area (Å²) in [4.78, 5) is 19.8. The molecule has 0 aliphatic rings. The molecule has 0 atom stereocenters. The fraction of sp³-hybridized carbons (Fsp3) is 0.118. The van der Waals surface area contributed by atoms with Crippen LogP contribution in [-0.4, -0.2) is 19.6 Å². The summed E-state index contributed by atoms with van der Waals surface area (Å²) in [5.74, 6) is 0.150. The van der Waals surface area contributed by atoms with Crippen molar-refractivity contribution in [3.63, 3.8) is 0 Å². The highest BCUT2D eigenvalue weighted by Gasteiger charge is 2.34. The van der Waals surface area contributed by atoms with Gasteiger partial charge in [0, 0.05) is 27.1 Å². The number of rotatable bonds is 1. The number of aromatic nitrogens is 4. The molecule has 132 valence electrons. The van der Waals surface area contributed by atoms with Gasteiger partial charge in [-0.15, -0.1) is 5.10 Å². The maximum Gasteiger partial charge on any atom is 0.417 e. The van der Waals surface area contributed by atoms with Gasteiger partial charge in [-0.3, -0.25) is 4.79 Å². The van der Waals surface area contributed by atoms with Gasteiger partial charge in [-0.1, -0.05) is 12.1 Å². The summed E-state index contributed by atoms with van der Waals surface area (Å²) in [5, 5.41) is 4.74. The first-order chi connectivity index (χ1) is 12.3. The average Bonchev–Trinajstić information content (AvgIpc) is 2.99. The summed E-state index contributed by atoms with van der Waals surface area (Å²) in [5.41, 5.74) is 0.396. The Morgan fingerprint density at radius 3 is 2.69 bits per heavy atom. The maximum atomic E-state index is 13.1. The predicted octanol–water partition coefficient (Wildman–Crippen LogP) is 4.33. The van der Waals surface area contributed by atoms with Crippen molar-refractivity contribution in [1.82, 2.24) is 19.6 Å². The smallest absolute Gasteiger partial charge is 0.351 e. The number of halogens is 4. The normalized spacial score (nSPS) is 12.2. The molecule has 9 heteroatoms. The molecule has 4 rings (SSSR count). The second-order valence-electron chi connectivity index (χ2n) is 5.77. The van der Waals surface area contributed by atoms with E-state index in [0.717, 1.165) is 6.07 Å². The molecule has 0 saturated carbocycles. The zero-order valence-corrected chi connectivity index (χ0v) is 14.8. The van der Waals surface area contributed by atoms with Crippen molar-refractivity contribution in [2.75, 3.05) is 0 Å². The molecule has 0 aliphatic heterocycles. The van der Waals surface area contributed by atoms with Crippen molar-refractivity contribution in [3.8, 4) is 11.5 Å². The Morgan fingerprint density at radius 1 is 1.23 bits per heavy atom. The number of hydrogen-bond donors (Lipinski definition) is 1. The van der Waals surface area contributed by atoms with Gasteiger partial charge in [0.1, 0.15) is 0 Å². The molecular formula is C17H10BrF3N4O. The van der Waals surface area contributed by atoms with E-state index in [1.165, 1.54) is 10.7 Å². The molecule has 0 bridgehead atoms. The minimum absolute atomic E-state index is 0.0314.